The van der Waals surface area contributed by atoms with Crippen molar-refractivity contribution in [3.05, 3.63) is 91.1 Å². The fraction of sp³-hybridized carbons (Fsp3) is 0.241. The number of nitrogens with zero attached hydrogens (tertiary/aromatic N) is 1. The number of rotatable bonds is 11. The van der Waals surface area contributed by atoms with Crippen LogP contribution in [0, 0.1) is 18.3 Å². The number of benzene rings is 2. The van der Waals surface area contributed by atoms with Gasteiger partial charge in [0.25, 0.3) is 0 Å². The van der Waals surface area contributed by atoms with E-state index in [0.29, 0.717) is 26.8 Å². The molecule has 1 aromatic heterocycles. The topological polar surface area (TPSA) is 103 Å². The SMILES string of the molecule is CCOC(=O)c1sc(CC(=O)/C(C#N)=C/c2ccccc2OCc2cccc(Cl)c2)c(C(=O)OCC)c1C. The van der Waals surface area contributed by atoms with Crippen LogP contribution in [0.4, 0.5) is 0 Å². The van der Waals surface area contributed by atoms with Crippen LogP contribution in [0.2, 0.25) is 5.02 Å². The van der Waals surface area contributed by atoms with E-state index in [9.17, 15) is 19.6 Å². The molecule has 0 saturated carbocycles. The summed E-state index contributed by atoms with van der Waals surface area (Å²) in [4.78, 5) is 38.9. The van der Waals surface area contributed by atoms with E-state index in [1.807, 2.05) is 18.2 Å². The molecule has 9 heteroatoms. The summed E-state index contributed by atoms with van der Waals surface area (Å²) in [5, 5.41) is 10.4. The first kappa shape index (κ1) is 28.6. The van der Waals surface area contributed by atoms with Crippen LogP contribution >= 0.6 is 22.9 Å². The first-order valence-corrected chi connectivity index (χ1v) is 13.1. The summed E-state index contributed by atoms with van der Waals surface area (Å²) in [7, 11) is 0. The summed E-state index contributed by atoms with van der Waals surface area (Å²) >= 11 is 7.04. The fourth-order valence-corrected chi connectivity index (χ4v) is 5.05. The van der Waals surface area contributed by atoms with Gasteiger partial charge in [0.15, 0.2) is 5.78 Å². The lowest BCUT2D eigenvalue weighted by molar-refractivity contribution is -0.114. The zero-order valence-electron chi connectivity index (χ0n) is 21.2. The largest absolute Gasteiger partial charge is 0.488 e. The number of hydrogen-bond acceptors (Lipinski definition) is 8. The van der Waals surface area contributed by atoms with E-state index in [-0.39, 0.29) is 42.3 Å². The highest BCUT2D eigenvalue weighted by molar-refractivity contribution is 7.14. The van der Waals surface area contributed by atoms with Gasteiger partial charge in [-0.2, -0.15) is 5.26 Å². The zero-order valence-corrected chi connectivity index (χ0v) is 22.8. The van der Waals surface area contributed by atoms with E-state index in [2.05, 4.69) is 0 Å². The van der Waals surface area contributed by atoms with Crippen molar-refractivity contribution in [2.24, 2.45) is 0 Å². The predicted molar refractivity (Wildman–Crippen MR) is 145 cm³/mol. The van der Waals surface area contributed by atoms with Crippen LogP contribution < -0.4 is 4.74 Å². The van der Waals surface area contributed by atoms with Crippen molar-refractivity contribution in [2.75, 3.05) is 13.2 Å². The second-order valence-electron chi connectivity index (χ2n) is 8.02. The minimum absolute atomic E-state index is 0.123. The third-order valence-electron chi connectivity index (χ3n) is 5.40. The van der Waals surface area contributed by atoms with Crippen LogP contribution in [-0.2, 0) is 27.3 Å². The molecule has 0 atom stereocenters. The summed E-state index contributed by atoms with van der Waals surface area (Å²) in [6.45, 7) is 5.49. The molecule has 3 rings (SSSR count). The lowest BCUT2D eigenvalue weighted by Gasteiger charge is -2.10. The van der Waals surface area contributed by atoms with Crippen LogP contribution in [0.25, 0.3) is 6.08 Å². The van der Waals surface area contributed by atoms with Crippen LogP contribution in [0.15, 0.2) is 54.1 Å². The molecular weight excluding hydrogens is 526 g/mol. The van der Waals surface area contributed by atoms with Crippen LogP contribution in [0.5, 0.6) is 5.75 Å². The minimum atomic E-state index is -0.637. The quantitative estimate of drug-likeness (QED) is 0.155. The third-order valence-corrected chi connectivity index (χ3v) is 6.91. The number of ketones is 1. The van der Waals surface area contributed by atoms with Gasteiger partial charge in [-0.3, -0.25) is 4.79 Å². The minimum Gasteiger partial charge on any atom is -0.488 e. The number of esters is 2. The lowest BCUT2D eigenvalue weighted by Crippen LogP contribution is -2.12. The van der Waals surface area contributed by atoms with E-state index in [1.165, 1.54) is 6.08 Å². The average molecular weight is 552 g/mol. The summed E-state index contributed by atoms with van der Waals surface area (Å²) in [5.74, 6) is -1.25. The molecule has 1 heterocycles. The Labute approximate surface area is 230 Å². The average Bonchev–Trinajstić information content (AvgIpc) is 3.22. The van der Waals surface area contributed by atoms with Gasteiger partial charge in [-0.1, -0.05) is 41.9 Å². The zero-order chi connectivity index (χ0) is 27.7. The maximum absolute atomic E-state index is 13.2. The molecule has 0 aliphatic heterocycles. The first-order chi connectivity index (χ1) is 18.3. The Morgan fingerprint density at radius 3 is 2.42 bits per heavy atom. The third kappa shape index (κ3) is 7.09. The van der Waals surface area contributed by atoms with E-state index in [0.717, 1.165) is 16.9 Å². The van der Waals surface area contributed by atoms with E-state index in [4.69, 9.17) is 25.8 Å². The second-order valence-corrected chi connectivity index (χ2v) is 9.56. The van der Waals surface area contributed by atoms with Crippen molar-refractivity contribution in [1.29, 1.82) is 5.26 Å². The number of hydrogen-bond donors (Lipinski definition) is 0. The van der Waals surface area contributed by atoms with Crippen molar-refractivity contribution in [3.8, 4) is 11.8 Å². The Bertz CT molecular complexity index is 1420. The monoisotopic (exact) mass is 551 g/mol. The number of halogens is 1. The Kier molecular flexibility index (Phi) is 10.2. The summed E-state index contributed by atoms with van der Waals surface area (Å²) < 4.78 is 16.2. The molecule has 0 unspecified atom stereocenters. The number of Topliss-reactive ketones (excluding diaryl/α,β-unsaturated/α-hetero) is 1. The maximum atomic E-state index is 13.2. The van der Waals surface area contributed by atoms with E-state index in [1.54, 1.807) is 57.2 Å². The van der Waals surface area contributed by atoms with Crippen LogP contribution in [0.3, 0.4) is 0 Å². The molecule has 0 fully saturated rings. The van der Waals surface area contributed by atoms with Crippen molar-refractivity contribution in [3.63, 3.8) is 0 Å². The molecule has 0 bridgehead atoms. The maximum Gasteiger partial charge on any atom is 0.348 e. The number of carbonyl (C=O) groups excluding carboxylic acids is 3. The summed E-state index contributed by atoms with van der Waals surface area (Å²) in [5.41, 5.74) is 1.82. The van der Waals surface area contributed by atoms with Crippen molar-refractivity contribution < 1.29 is 28.6 Å². The molecule has 0 amide bonds. The van der Waals surface area contributed by atoms with Crippen molar-refractivity contribution in [1.82, 2.24) is 0 Å². The van der Waals surface area contributed by atoms with E-state index < -0.39 is 17.7 Å². The fourth-order valence-electron chi connectivity index (χ4n) is 3.65. The Morgan fingerprint density at radius 1 is 1.03 bits per heavy atom. The number of nitriles is 1. The van der Waals surface area contributed by atoms with Gasteiger partial charge >= 0.3 is 11.9 Å². The van der Waals surface area contributed by atoms with Crippen molar-refractivity contribution >= 4 is 46.7 Å². The lowest BCUT2D eigenvalue weighted by atomic mass is 10.0. The highest BCUT2D eigenvalue weighted by Gasteiger charge is 2.28. The summed E-state index contributed by atoms with van der Waals surface area (Å²) in [6, 6.07) is 16.2. The van der Waals surface area contributed by atoms with Gasteiger partial charge in [-0.05, 0) is 56.2 Å². The molecule has 0 radical (unpaired) electrons. The highest BCUT2D eigenvalue weighted by Crippen LogP contribution is 2.31. The van der Waals surface area contributed by atoms with Gasteiger partial charge in [0, 0.05) is 21.9 Å². The van der Waals surface area contributed by atoms with Crippen molar-refractivity contribution in [2.45, 2.75) is 33.8 Å². The molecule has 196 valence electrons. The number of ether oxygens (including phenoxy) is 3. The summed E-state index contributed by atoms with van der Waals surface area (Å²) in [6.07, 6.45) is 1.19. The van der Waals surface area contributed by atoms with Crippen LogP contribution in [-0.4, -0.2) is 30.9 Å². The van der Waals surface area contributed by atoms with Gasteiger partial charge in [-0.15, -0.1) is 11.3 Å². The number of allylic oxidation sites excluding steroid dienone is 1. The second kappa shape index (κ2) is 13.6. The molecule has 3 aromatic rings. The molecule has 0 aliphatic carbocycles. The normalized spacial score (nSPS) is 11.0. The smallest absolute Gasteiger partial charge is 0.348 e. The molecule has 38 heavy (non-hydrogen) atoms. The van der Waals surface area contributed by atoms with Gasteiger partial charge in [0.05, 0.1) is 24.4 Å². The highest BCUT2D eigenvalue weighted by atomic mass is 35.5. The van der Waals surface area contributed by atoms with Gasteiger partial charge in [0.2, 0.25) is 0 Å². The molecule has 2 aromatic carbocycles. The molecule has 0 aliphatic rings. The number of carbonyl (C=O) groups is 3. The molecule has 0 N–H and O–H groups in total. The predicted octanol–water partition coefficient (Wildman–Crippen LogP) is 6.36. The Balaban J connectivity index is 1.89. The number of para-hydroxylation sites is 1. The van der Waals surface area contributed by atoms with Gasteiger partial charge < -0.3 is 14.2 Å². The molecule has 0 spiro atoms. The molecular formula is C29H26ClNO6S. The van der Waals surface area contributed by atoms with Gasteiger partial charge in [0.1, 0.15) is 23.3 Å². The standard InChI is InChI=1S/C29H26ClNO6S/c1-4-35-28(33)26-18(3)27(29(34)36-5-2)38-25(26)15-23(32)21(16-31)14-20-10-6-7-12-24(20)37-17-19-9-8-11-22(30)13-19/h6-14H,4-5,15,17H2,1-3H3/b21-14+. The Morgan fingerprint density at radius 2 is 1.74 bits per heavy atom. The van der Waals surface area contributed by atoms with Gasteiger partial charge in [-0.25, -0.2) is 9.59 Å². The van der Waals surface area contributed by atoms with E-state index >= 15 is 0 Å². The molecule has 0 saturated heterocycles. The number of thiophene rings is 1. The first-order valence-electron chi connectivity index (χ1n) is 11.9. The molecule has 7 nitrogen and oxygen atoms in total. The Hall–Kier alpha value is -3.93. The van der Waals surface area contributed by atoms with Crippen LogP contribution in [0.1, 0.15) is 55.4 Å².